The van der Waals surface area contributed by atoms with Crippen LogP contribution in [0.2, 0.25) is 10.0 Å². The highest BCUT2D eigenvalue weighted by Crippen LogP contribution is 2.48. The second-order valence-electron chi connectivity index (χ2n) is 11.8. The highest BCUT2D eigenvalue weighted by atomic mass is 35.5. The number of imidazole rings is 1. The van der Waals surface area contributed by atoms with Crippen molar-refractivity contribution in [3.8, 4) is 39.6 Å². The van der Waals surface area contributed by atoms with Crippen LogP contribution in [0, 0.1) is 0 Å². The first kappa shape index (κ1) is 32.3. The molecule has 14 heteroatoms. The molecular formula is C34H34Cl2N6O5S. The Kier molecular flexibility index (Phi) is 8.75. The molecule has 0 bridgehead atoms. The van der Waals surface area contributed by atoms with Crippen molar-refractivity contribution in [2.24, 2.45) is 0 Å². The summed E-state index contributed by atoms with van der Waals surface area (Å²) in [5.74, 6) is 1.44. The molecule has 0 atom stereocenters. The molecule has 2 fully saturated rings. The van der Waals surface area contributed by atoms with Crippen molar-refractivity contribution in [3.63, 3.8) is 0 Å². The second kappa shape index (κ2) is 13.0. The standard InChI is InChI=1S/C34H34Cl2N6O5S/c1-19(39-48(43)44)22-14-23(28(45-2)16-27(22)41-11-9-40(10-12-41)21-5-6-21)25-15-26-20(18-38-25)13-24(34-37-7-8-42(26)34)31-32(35)29(46-3)17-30(47-4)33(31)36/h7-8,13-18,21,48H,1,5-6,9-12H2,2-4H3,(H,39,43,44). The quantitative estimate of drug-likeness (QED) is 0.171. The number of anilines is 1. The predicted octanol–water partition coefficient (Wildman–Crippen LogP) is 5.92. The molecule has 250 valence electrons. The number of halogens is 2. The summed E-state index contributed by atoms with van der Waals surface area (Å²) in [6.45, 7) is 7.59. The van der Waals surface area contributed by atoms with E-state index >= 15 is 0 Å². The van der Waals surface area contributed by atoms with Gasteiger partial charge in [0.1, 0.15) is 22.9 Å². The van der Waals surface area contributed by atoms with Crippen LogP contribution in [-0.2, 0) is 10.9 Å². The average Bonchev–Trinajstić information content (AvgIpc) is 3.82. The third kappa shape index (κ3) is 5.76. The number of thiol groups is 1. The molecule has 1 aliphatic heterocycles. The molecule has 7 rings (SSSR count). The van der Waals surface area contributed by atoms with E-state index in [1.54, 1.807) is 25.6 Å². The fraction of sp³-hybridized carbons (Fsp3) is 0.294. The predicted molar refractivity (Wildman–Crippen MR) is 190 cm³/mol. The number of hydrogen-bond donors (Lipinski definition) is 2. The molecular weight excluding hydrogens is 675 g/mol. The summed E-state index contributed by atoms with van der Waals surface area (Å²) in [5.41, 5.74) is 5.72. The number of piperazine rings is 1. The van der Waals surface area contributed by atoms with E-state index in [0.717, 1.165) is 42.8 Å². The van der Waals surface area contributed by atoms with E-state index in [1.807, 2.05) is 34.9 Å². The van der Waals surface area contributed by atoms with Crippen molar-refractivity contribution >= 4 is 62.0 Å². The van der Waals surface area contributed by atoms with Gasteiger partial charge in [0.2, 0.25) is 10.9 Å². The Bertz CT molecular complexity index is 2120. The molecule has 4 heterocycles. The van der Waals surface area contributed by atoms with Crippen LogP contribution in [0.1, 0.15) is 18.4 Å². The minimum atomic E-state index is -2.92. The van der Waals surface area contributed by atoms with E-state index in [1.165, 1.54) is 27.1 Å². The van der Waals surface area contributed by atoms with Crippen LogP contribution in [0.15, 0.2) is 55.5 Å². The number of rotatable bonds is 10. The Labute approximate surface area is 289 Å². The monoisotopic (exact) mass is 708 g/mol. The number of methoxy groups -OCH3 is 3. The van der Waals surface area contributed by atoms with Crippen molar-refractivity contribution in [3.05, 3.63) is 71.1 Å². The van der Waals surface area contributed by atoms with Crippen LogP contribution >= 0.6 is 23.2 Å². The van der Waals surface area contributed by atoms with Crippen LogP contribution in [0.4, 0.5) is 5.69 Å². The number of ether oxygens (including phenoxy) is 3. The van der Waals surface area contributed by atoms with Gasteiger partial charge >= 0.3 is 0 Å². The van der Waals surface area contributed by atoms with Gasteiger partial charge in [-0.05, 0) is 31.0 Å². The highest BCUT2D eigenvalue weighted by Gasteiger charge is 2.32. The number of nitrogens with one attached hydrogen (secondary N) is 1. The Morgan fingerprint density at radius 1 is 0.896 bits per heavy atom. The Morgan fingerprint density at radius 2 is 1.58 bits per heavy atom. The van der Waals surface area contributed by atoms with Crippen molar-refractivity contribution in [1.29, 1.82) is 0 Å². The summed E-state index contributed by atoms with van der Waals surface area (Å²) < 4.78 is 44.9. The van der Waals surface area contributed by atoms with Gasteiger partial charge < -0.3 is 19.1 Å². The summed E-state index contributed by atoms with van der Waals surface area (Å²) in [7, 11) is 1.76. The topological polar surface area (TPSA) is 111 Å². The minimum Gasteiger partial charge on any atom is -0.496 e. The summed E-state index contributed by atoms with van der Waals surface area (Å²) in [5, 5.41) is 1.46. The third-order valence-corrected chi connectivity index (χ3v) is 10.3. The second-order valence-corrected chi connectivity index (χ2v) is 13.3. The first-order valence-corrected chi connectivity index (χ1v) is 17.3. The zero-order chi connectivity index (χ0) is 33.7. The van der Waals surface area contributed by atoms with Crippen LogP contribution in [-0.4, -0.2) is 81.2 Å². The fourth-order valence-corrected chi connectivity index (χ4v) is 7.57. The maximum atomic E-state index is 11.7. The van der Waals surface area contributed by atoms with E-state index < -0.39 is 10.9 Å². The Hall–Kier alpha value is -4.23. The molecule has 5 aromatic rings. The van der Waals surface area contributed by atoms with Gasteiger partial charge in [-0.25, -0.2) is 13.4 Å². The number of hydrogen-bond acceptors (Lipinski definition) is 9. The zero-order valence-electron chi connectivity index (χ0n) is 26.6. The maximum absolute atomic E-state index is 11.7. The number of benzene rings is 2. The number of pyridine rings is 2. The van der Waals surface area contributed by atoms with Gasteiger partial charge in [0, 0.05) is 96.3 Å². The average molecular weight is 710 g/mol. The molecule has 1 saturated heterocycles. The fourth-order valence-electron chi connectivity index (χ4n) is 6.53. The van der Waals surface area contributed by atoms with Gasteiger partial charge in [0.25, 0.3) is 0 Å². The molecule has 0 spiro atoms. The largest absolute Gasteiger partial charge is 0.496 e. The van der Waals surface area contributed by atoms with Gasteiger partial charge in [-0.1, -0.05) is 29.8 Å². The summed E-state index contributed by atoms with van der Waals surface area (Å²) in [4.78, 5) is 14.3. The lowest BCUT2D eigenvalue weighted by Gasteiger charge is -2.37. The van der Waals surface area contributed by atoms with E-state index in [4.69, 9.17) is 42.4 Å². The first-order chi connectivity index (χ1) is 23.2. The molecule has 48 heavy (non-hydrogen) atoms. The van der Waals surface area contributed by atoms with Crippen LogP contribution < -0.4 is 23.8 Å². The molecule has 1 N–H and O–H groups in total. The Balaban J connectivity index is 1.36. The van der Waals surface area contributed by atoms with Gasteiger partial charge in [-0.2, -0.15) is 0 Å². The van der Waals surface area contributed by atoms with Crippen molar-refractivity contribution in [2.45, 2.75) is 18.9 Å². The lowest BCUT2D eigenvalue weighted by Crippen LogP contribution is -2.47. The highest BCUT2D eigenvalue weighted by molar-refractivity contribution is 7.70. The van der Waals surface area contributed by atoms with Crippen molar-refractivity contribution < 1.29 is 22.6 Å². The molecule has 3 aromatic heterocycles. The number of aromatic nitrogens is 3. The summed E-state index contributed by atoms with van der Waals surface area (Å²) >= 11 is 13.6. The van der Waals surface area contributed by atoms with Crippen molar-refractivity contribution in [1.82, 2.24) is 24.0 Å². The van der Waals surface area contributed by atoms with Crippen molar-refractivity contribution in [2.75, 3.05) is 52.4 Å². The van der Waals surface area contributed by atoms with E-state index in [9.17, 15) is 8.42 Å². The molecule has 0 amide bonds. The smallest absolute Gasteiger partial charge is 0.222 e. The molecule has 0 radical (unpaired) electrons. The molecule has 1 aliphatic carbocycles. The van der Waals surface area contributed by atoms with Crippen LogP contribution in [0.25, 0.3) is 44.6 Å². The van der Waals surface area contributed by atoms with Gasteiger partial charge in [0.15, 0.2) is 0 Å². The SMILES string of the molecule is C=C(N[SH](=O)=O)c1cc(-c2cc3c(cn2)cc(-c2c(Cl)c(OC)cc(OC)c2Cl)c2nccn23)c(OC)cc1N1CCN(C2CC2)CC1. The number of fused-ring (bicyclic) bond motifs is 3. The van der Waals surface area contributed by atoms with Gasteiger partial charge in [-0.3, -0.25) is 19.0 Å². The number of nitrogens with zero attached hydrogens (tertiary/aromatic N) is 5. The molecule has 0 unspecified atom stereocenters. The minimum absolute atomic E-state index is 0.277. The Morgan fingerprint density at radius 3 is 2.21 bits per heavy atom. The summed E-state index contributed by atoms with van der Waals surface area (Å²) in [6, 6.07) is 10.1. The molecule has 2 aliphatic rings. The third-order valence-electron chi connectivity index (χ3n) is 9.06. The van der Waals surface area contributed by atoms with E-state index in [0.29, 0.717) is 66.9 Å². The van der Waals surface area contributed by atoms with Crippen LogP contribution in [0.5, 0.6) is 17.2 Å². The zero-order valence-corrected chi connectivity index (χ0v) is 29.0. The normalized spacial score (nSPS) is 15.3. The maximum Gasteiger partial charge on any atom is 0.222 e. The molecule has 11 nitrogen and oxygen atoms in total. The lowest BCUT2D eigenvalue weighted by molar-refractivity contribution is 0.248. The van der Waals surface area contributed by atoms with Crippen LogP contribution in [0.3, 0.4) is 0 Å². The lowest BCUT2D eigenvalue weighted by atomic mass is 10.00. The van der Waals surface area contributed by atoms with E-state index in [2.05, 4.69) is 26.1 Å². The van der Waals surface area contributed by atoms with E-state index in [-0.39, 0.29) is 5.70 Å². The molecule has 2 aromatic carbocycles. The van der Waals surface area contributed by atoms with Gasteiger partial charge in [0.05, 0.1) is 48.3 Å². The molecule has 1 saturated carbocycles. The first-order valence-electron chi connectivity index (χ1n) is 15.4. The summed E-state index contributed by atoms with van der Waals surface area (Å²) in [6.07, 6.45) is 7.83. The van der Waals surface area contributed by atoms with Gasteiger partial charge in [-0.15, -0.1) is 0 Å².